The largest absolute Gasteiger partial charge is 2.00 e. The van der Waals surface area contributed by atoms with Crippen molar-refractivity contribution in [3.8, 4) is 11.5 Å². The third-order valence-electron chi connectivity index (χ3n) is 10.5. The van der Waals surface area contributed by atoms with Crippen molar-refractivity contribution in [1.82, 2.24) is 29.7 Å². The molecule has 64 heavy (non-hydrogen) atoms. The molecule has 0 spiro atoms. The number of carbonyl (C=O) groups excluding carboxylic acids is 4. The van der Waals surface area contributed by atoms with Gasteiger partial charge in [0.2, 0.25) is 5.78 Å². The molecule has 0 saturated carbocycles. The fourth-order valence-electron chi connectivity index (χ4n) is 6.20. The Morgan fingerprint density at radius 3 is 1.62 bits per heavy atom. The van der Waals surface area contributed by atoms with E-state index in [2.05, 4.69) is 40.7 Å². The molecule has 2 amide bonds. The number of amides is 2. The van der Waals surface area contributed by atoms with Gasteiger partial charge in [0, 0.05) is 54.9 Å². The van der Waals surface area contributed by atoms with Crippen molar-refractivity contribution < 1.29 is 50.5 Å². The molecule has 14 nitrogen and oxygen atoms in total. The maximum atomic E-state index is 12.8. The standard InChI is InChI=1S/C20H25N3O3S.C17H19N3O4S.C5H11.C4H8O.ClH.Mg/c1-4-20(2,3)17(24)19(25)23-10-6-8-16(23)18-22-14(13-27-18)12-26-15-7-5-9-21-11-15;1-2-23-17(22)16(21)20-8-4-6-14(20)15-19-12(11-25-15)10-24-13-5-3-7-18-9-13;1-4-5(2)3;1-2-4-5-3-1;;/h5,7,9,11,13,16H,4,6,8,10,12H2,1-3H3;3,5,7,9,11,14H,2,4,6,8,10H2,1H3;4H2,1-3H3;1-4H2;1H;/q;;-1;;;+2/p-1/t16-;14-;;;;/m00..../s1. The van der Waals surface area contributed by atoms with Crippen LogP contribution in [0, 0.1) is 11.3 Å². The number of ketones is 1. The van der Waals surface area contributed by atoms with E-state index in [9.17, 15) is 19.2 Å². The van der Waals surface area contributed by atoms with E-state index in [1.54, 1.807) is 47.6 Å². The van der Waals surface area contributed by atoms with Crippen LogP contribution in [0.2, 0.25) is 0 Å². The summed E-state index contributed by atoms with van der Waals surface area (Å²) in [7, 11) is 0. The van der Waals surface area contributed by atoms with Crippen LogP contribution in [0.3, 0.4) is 0 Å². The molecule has 4 aromatic heterocycles. The first-order valence-corrected chi connectivity index (χ1v) is 23.3. The number of nitrogens with zero attached hydrogens (tertiary/aromatic N) is 6. The fraction of sp³-hybridized carbons (Fsp3) is 0.543. The van der Waals surface area contributed by atoms with Crippen LogP contribution in [0.1, 0.15) is 133 Å². The Kier molecular flexibility index (Phi) is 26.2. The van der Waals surface area contributed by atoms with Crippen molar-refractivity contribution in [3.63, 3.8) is 0 Å². The normalized spacial score (nSPS) is 16.4. The van der Waals surface area contributed by atoms with Crippen LogP contribution in [0.15, 0.2) is 59.8 Å². The molecule has 18 heteroatoms. The molecule has 0 radical (unpaired) electrons. The van der Waals surface area contributed by atoms with Crippen LogP contribution in [0.4, 0.5) is 0 Å². The molecule has 0 N–H and O–H groups in total. The number of halogens is 1. The molecule has 0 bridgehead atoms. The van der Waals surface area contributed by atoms with E-state index in [4.69, 9.17) is 18.9 Å². The van der Waals surface area contributed by atoms with E-state index in [0.29, 0.717) is 44.2 Å². The smallest absolute Gasteiger partial charge is 1.00 e. The molecule has 3 saturated heterocycles. The first kappa shape index (κ1) is 56.4. The summed E-state index contributed by atoms with van der Waals surface area (Å²) in [5.41, 5.74) is 0.980. The minimum absolute atomic E-state index is 0. The number of hydrogen-bond acceptors (Lipinski definition) is 14. The molecule has 7 rings (SSSR count). The monoisotopic (exact) mass is 950 g/mol. The van der Waals surface area contributed by atoms with Crippen LogP contribution in [0.5, 0.6) is 11.5 Å². The van der Waals surface area contributed by atoms with Gasteiger partial charge in [-0.15, -0.1) is 22.7 Å². The van der Waals surface area contributed by atoms with Crippen molar-refractivity contribution in [2.24, 2.45) is 5.41 Å². The van der Waals surface area contributed by atoms with Crippen LogP contribution in [-0.4, -0.2) is 109 Å². The van der Waals surface area contributed by atoms with Crippen molar-refractivity contribution >= 4 is 69.3 Å². The second-order valence-corrected chi connectivity index (χ2v) is 17.6. The molecular weight excluding hydrogens is 888 g/mol. The molecule has 346 valence electrons. The Morgan fingerprint density at radius 1 is 0.781 bits per heavy atom. The number of Topliss-reactive ketones (excluding diaryl/α,β-unsaturated/α-hetero) is 1. The Hall–Kier alpha value is -3.74. The van der Waals surface area contributed by atoms with Gasteiger partial charge in [-0.05, 0) is 76.1 Å². The summed E-state index contributed by atoms with van der Waals surface area (Å²) >= 11 is 2.99. The summed E-state index contributed by atoms with van der Waals surface area (Å²) in [6, 6.07) is 7.01. The number of pyridine rings is 2. The first-order chi connectivity index (χ1) is 29.9. The number of rotatable bonds is 13. The molecule has 3 aliphatic heterocycles. The van der Waals surface area contributed by atoms with Crippen molar-refractivity contribution in [2.75, 3.05) is 32.9 Å². The zero-order chi connectivity index (χ0) is 44.9. The number of likely N-dealkylation sites (tertiary alicyclic amines) is 2. The molecule has 2 atom stereocenters. The van der Waals surface area contributed by atoms with Gasteiger partial charge in [-0.25, -0.2) is 14.8 Å². The maximum Gasteiger partial charge on any atom is 2.00 e. The zero-order valence-electron chi connectivity index (χ0n) is 38.4. The van der Waals surface area contributed by atoms with Crippen LogP contribution >= 0.6 is 22.7 Å². The van der Waals surface area contributed by atoms with E-state index in [-0.39, 0.29) is 65.8 Å². The van der Waals surface area contributed by atoms with Gasteiger partial charge in [0.15, 0.2) is 0 Å². The summed E-state index contributed by atoms with van der Waals surface area (Å²) in [5, 5.41) is 5.55. The topological polar surface area (TPSA) is 163 Å². The van der Waals surface area contributed by atoms with Gasteiger partial charge in [0.25, 0.3) is 5.91 Å². The SMILES string of the molecule is C1CCOC1.CCC(C)(C)C(=O)C(=O)N1CCC[C@H]1c1nc(COc2cccnc2)cs1.CCOC(=O)C(=O)N1CCC[C@H]1c1nc(COc2cccnc2)cs1.CC[C-](C)C.[Cl-].[Mg+2]. The van der Waals surface area contributed by atoms with Gasteiger partial charge < -0.3 is 47.1 Å². The van der Waals surface area contributed by atoms with Crippen molar-refractivity contribution in [2.45, 2.75) is 125 Å². The molecule has 0 aromatic carbocycles. The average Bonchev–Trinajstić information content (AvgIpc) is 4.15. The number of esters is 1. The second-order valence-electron chi connectivity index (χ2n) is 15.8. The number of aromatic nitrogens is 4. The number of carbonyl (C=O) groups is 4. The van der Waals surface area contributed by atoms with Crippen LogP contribution in [-0.2, 0) is 41.9 Å². The number of ether oxygens (including phenoxy) is 4. The summed E-state index contributed by atoms with van der Waals surface area (Å²) in [6.07, 6.45) is 14.5. The van der Waals surface area contributed by atoms with Gasteiger partial charge in [0.1, 0.15) is 34.7 Å². The summed E-state index contributed by atoms with van der Waals surface area (Å²) in [4.78, 5) is 69.8. The molecular formula is C46H63ClMgN6O8S2. The molecule has 0 unspecified atom stereocenters. The summed E-state index contributed by atoms with van der Waals surface area (Å²) < 4.78 is 21.1. The Labute approximate surface area is 409 Å². The minimum Gasteiger partial charge on any atom is -1.00 e. The Balaban J connectivity index is 0.000000353. The second kappa shape index (κ2) is 29.7. The first-order valence-electron chi connectivity index (χ1n) is 21.5. The van der Waals surface area contributed by atoms with E-state index in [1.807, 2.05) is 49.7 Å². The predicted molar refractivity (Wildman–Crippen MR) is 245 cm³/mol. The number of hydrogen-bond donors (Lipinski definition) is 0. The third kappa shape index (κ3) is 17.9. The minimum atomic E-state index is -0.800. The summed E-state index contributed by atoms with van der Waals surface area (Å²) in [6.45, 7) is 17.7. The quantitative estimate of drug-likeness (QED) is 0.0711. The molecule has 3 aliphatic rings. The fourth-order valence-corrected chi connectivity index (χ4v) is 8.10. The van der Waals surface area contributed by atoms with E-state index in [0.717, 1.165) is 60.3 Å². The van der Waals surface area contributed by atoms with Gasteiger partial charge in [-0.2, -0.15) is 20.3 Å². The van der Waals surface area contributed by atoms with Crippen LogP contribution in [0.25, 0.3) is 0 Å². The summed E-state index contributed by atoms with van der Waals surface area (Å²) in [5.74, 6) is 0.791. The molecule has 3 fully saturated rings. The van der Waals surface area contributed by atoms with E-state index >= 15 is 0 Å². The number of thiazole rings is 2. The van der Waals surface area contributed by atoms with E-state index < -0.39 is 17.3 Å². The average molecular weight is 952 g/mol. The van der Waals surface area contributed by atoms with E-state index in [1.165, 1.54) is 47.9 Å². The van der Waals surface area contributed by atoms with Gasteiger partial charge in [0.05, 0.1) is 42.5 Å². The third-order valence-corrected chi connectivity index (χ3v) is 12.4. The Bertz CT molecular complexity index is 1960. The van der Waals surface area contributed by atoms with Crippen molar-refractivity contribution in [1.29, 1.82) is 0 Å². The van der Waals surface area contributed by atoms with Gasteiger partial charge in [-0.3, -0.25) is 24.4 Å². The molecule has 7 heterocycles. The van der Waals surface area contributed by atoms with Gasteiger partial charge in [-0.1, -0.05) is 27.7 Å². The van der Waals surface area contributed by atoms with Crippen LogP contribution < -0.4 is 21.9 Å². The zero-order valence-corrected chi connectivity index (χ0v) is 42.2. The molecule has 0 aliphatic carbocycles. The molecule has 4 aromatic rings. The van der Waals surface area contributed by atoms with Crippen molar-refractivity contribution in [3.05, 3.63) is 87.1 Å². The maximum absolute atomic E-state index is 12.8. The predicted octanol–water partition coefficient (Wildman–Crippen LogP) is 5.56. The Morgan fingerprint density at radius 2 is 1.25 bits per heavy atom. The van der Waals surface area contributed by atoms with Gasteiger partial charge >= 0.3 is 34.9 Å².